The quantitative estimate of drug-likeness (QED) is 0.691. The molecule has 0 spiro atoms. The molecular formula is C14H15NO3S. The fraction of sp³-hybridized carbons (Fsp3) is 0.143. The number of nitrogens with two attached hydrogens (primary N) is 1. The topological polar surface area (TPSA) is 69.4 Å². The second-order valence-corrected chi connectivity index (χ2v) is 5.89. The van der Waals surface area contributed by atoms with Crippen LogP contribution in [0.3, 0.4) is 0 Å². The van der Waals surface area contributed by atoms with E-state index in [-0.39, 0.29) is 10.6 Å². The minimum Gasteiger partial charge on any atom is -0.396 e. The average Bonchev–Trinajstić information content (AvgIpc) is 2.35. The van der Waals surface area contributed by atoms with Crippen LogP contribution in [0.5, 0.6) is 5.75 Å². The highest BCUT2D eigenvalue weighted by atomic mass is 32.2. The van der Waals surface area contributed by atoms with Gasteiger partial charge in [0.25, 0.3) is 0 Å². The van der Waals surface area contributed by atoms with Crippen molar-refractivity contribution in [1.29, 1.82) is 0 Å². The molecular weight excluding hydrogens is 262 g/mol. The summed E-state index contributed by atoms with van der Waals surface area (Å²) < 4.78 is 29.4. The SMILES string of the molecule is Cc1ccc(S(=O)(=O)Oc2c(C)cccc2N)cc1. The Morgan fingerprint density at radius 1 is 1.00 bits per heavy atom. The molecule has 0 unspecified atom stereocenters. The third-order valence-corrected chi connectivity index (χ3v) is 3.98. The average molecular weight is 277 g/mol. The van der Waals surface area contributed by atoms with Crippen molar-refractivity contribution >= 4 is 15.8 Å². The van der Waals surface area contributed by atoms with Crippen LogP contribution in [0.15, 0.2) is 47.4 Å². The van der Waals surface area contributed by atoms with Gasteiger partial charge in [-0.15, -0.1) is 0 Å². The molecule has 5 heteroatoms. The Morgan fingerprint density at radius 3 is 2.21 bits per heavy atom. The lowest BCUT2D eigenvalue weighted by molar-refractivity contribution is 0.485. The van der Waals surface area contributed by atoms with E-state index in [1.54, 1.807) is 37.3 Å². The molecule has 100 valence electrons. The van der Waals surface area contributed by atoms with E-state index in [0.717, 1.165) is 5.56 Å². The largest absolute Gasteiger partial charge is 0.396 e. The highest BCUT2D eigenvalue weighted by Crippen LogP contribution is 2.28. The lowest BCUT2D eigenvalue weighted by Gasteiger charge is -2.11. The normalized spacial score (nSPS) is 11.3. The van der Waals surface area contributed by atoms with E-state index in [1.165, 1.54) is 12.1 Å². The minimum absolute atomic E-state index is 0.112. The van der Waals surface area contributed by atoms with Gasteiger partial charge in [0, 0.05) is 0 Å². The molecule has 19 heavy (non-hydrogen) atoms. The summed E-state index contributed by atoms with van der Waals surface area (Å²) in [5.41, 5.74) is 7.70. The lowest BCUT2D eigenvalue weighted by Crippen LogP contribution is -2.11. The number of rotatable bonds is 3. The number of anilines is 1. The van der Waals surface area contributed by atoms with Crippen molar-refractivity contribution in [3.63, 3.8) is 0 Å². The van der Waals surface area contributed by atoms with E-state index in [4.69, 9.17) is 9.92 Å². The van der Waals surface area contributed by atoms with E-state index >= 15 is 0 Å². The van der Waals surface area contributed by atoms with Crippen LogP contribution >= 0.6 is 0 Å². The predicted octanol–water partition coefficient (Wildman–Crippen LogP) is 2.65. The molecule has 0 radical (unpaired) electrons. The number of hydrogen-bond donors (Lipinski definition) is 1. The molecule has 0 aliphatic heterocycles. The summed E-state index contributed by atoms with van der Waals surface area (Å²) in [6.07, 6.45) is 0. The Bertz CT molecular complexity index is 671. The van der Waals surface area contributed by atoms with Gasteiger partial charge in [0.1, 0.15) is 4.90 Å². The van der Waals surface area contributed by atoms with Crippen LogP contribution in [0.2, 0.25) is 0 Å². The molecule has 0 saturated heterocycles. The number of hydrogen-bond acceptors (Lipinski definition) is 4. The van der Waals surface area contributed by atoms with Gasteiger partial charge in [-0.1, -0.05) is 29.8 Å². The van der Waals surface area contributed by atoms with E-state index < -0.39 is 10.1 Å². The Morgan fingerprint density at radius 2 is 1.63 bits per heavy atom. The Kier molecular flexibility index (Phi) is 3.48. The van der Waals surface area contributed by atoms with Gasteiger partial charge in [-0.2, -0.15) is 8.42 Å². The maximum absolute atomic E-state index is 12.1. The number of aryl methyl sites for hydroxylation is 2. The summed E-state index contributed by atoms with van der Waals surface area (Å²) in [5, 5.41) is 0. The molecule has 0 amide bonds. The smallest absolute Gasteiger partial charge is 0.339 e. The van der Waals surface area contributed by atoms with Gasteiger partial charge in [-0.3, -0.25) is 0 Å². The van der Waals surface area contributed by atoms with Gasteiger partial charge in [-0.25, -0.2) is 0 Å². The molecule has 0 aromatic heterocycles. The van der Waals surface area contributed by atoms with Crippen molar-refractivity contribution in [1.82, 2.24) is 0 Å². The van der Waals surface area contributed by atoms with Crippen LogP contribution in [-0.2, 0) is 10.1 Å². The molecule has 0 saturated carbocycles. The van der Waals surface area contributed by atoms with Gasteiger partial charge >= 0.3 is 10.1 Å². The van der Waals surface area contributed by atoms with Crippen LogP contribution in [0.4, 0.5) is 5.69 Å². The second-order valence-electron chi connectivity index (χ2n) is 4.34. The first-order valence-electron chi connectivity index (χ1n) is 5.76. The maximum Gasteiger partial charge on any atom is 0.339 e. The first-order chi connectivity index (χ1) is 8.90. The highest BCUT2D eigenvalue weighted by Gasteiger charge is 2.18. The highest BCUT2D eigenvalue weighted by molar-refractivity contribution is 7.87. The summed E-state index contributed by atoms with van der Waals surface area (Å²) >= 11 is 0. The fourth-order valence-electron chi connectivity index (χ4n) is 1.65. The van der Waals surface area contributed by atoms with Crippen LogP contribution in [0, 0.1) is 13.8 Å². The van der Waals surface area contributed by atoms with Crippen LogP contribution < -0.4 is 9.92 Å². The monoisotopic (exact) mass is 277 g/mol. The Labute approximate surface area is 113 Å². The third kappa shape index (κ3) is 2.88. The zero-order valence-corrected chi connectivity index (χ0v) is 11.6. The van der Waals surface area contributed by atoms with Crippen molar-refractivity contribution in [3.05, 3.63) is 53.6 Å². The molecule has 4 nitrogen and oxygen atoms in total. The zero-order valence-electron chi connectivity index (χ0n) is 10.8. The maximum atomic E-state index is 12.1. The van der Waals surface area contributed by atoms with Gasteiger partial charge in [0.05, 0.1) is 5.69 Å². The van der Waals surface area contributed by atoms with Gasteiger partial charge in [0.2, 0.25) is 0 Å². The molecule has 0 atom stereocenters. The third-order valence-electron chi connectivity index (χ3n) is 2.75. The molecule has 2 aromatic rings. The summed E-state index contributed by atoms with van der Waals surface area (Å²) in [4.78, 5) is 0.112. The first-order valence-corrected chi connectivity index (χ1v) is 7.17. The van der Waals surface area contributed by atoms with Crippen molar-refractivity contribution in [2.75, 3.05) is 5.73 Å². The molecule has 2 aromatic carbocycles. The van der Waals surface area contributed by atoms with Gasteiger partial charge in [-0.05, 0) is 37.6 Å². The number of nitrogen functional groups attached to an aromatic ring is 1. The number of benzene rings is 2. The summed E-state index contributed by atoms with van der Waals surface area (Å²) in [6.45, 7) is 3.63. The fourth-order valence-corrected chi connectivity index (χ4v) is 2.66. The molecule has 0 aliphatic carbocycles. The Hall–Kier alpha value is -2.01. The standard InChI is InChI=1S/C14H15NO3S/c1-10-6-8-12(9-7-10)19(16,17)18-14-11(2)4-3-5-13(14)15/h3-9H,15H2,1-2H3. The second kappa shape index (κ2) is 4.93. The van der Waals surface area contributed by atoms with Gasteiger partial charge in [0.15, 0.2) is 5.75 Å². The summed E-state index contributed by atoms with van der Waals surface area (Å²) in [7, 11) is -3.86. The van der Waals surface area contributed by atoms with Crippen molar-refractivity contribution in [2.24, 2.45) is 0 Å². The van der Waals surface area contributed by atoms with Crippen LogP contribution in [0.25, 0.3) is 0 Å². The van der Waals surface area contributed by atoms with Gasteiger partial charge < -0.3 is 9.92 Å². The van der Waals surface area contributed by atoms with E-state index in [9.17, 15) is 8.42 Å². The van der Waals surface area contributed by atoms with Crippen molar-refractivity contribution in [2.45, 2.75) is 18.7 Å². The Balaban J connectivity index is 2.39. The summed E-state index contributed by atoms with van der Waals surface area (Å²) in [5.74, 6) is 0.183. The van der Waals surface area contributed by atoms with E-state index in [2.05, 4.69) is 0 Å². The zero-order chi connectivity index (χ0) is 14.0. The summed E-state index contributed by atoms with van der Waals surface area (Å²) in [6, 6.07) is 11.6. The minimum atomic E-state index is -3.86. The van der Waals surface area contributed by atoms with Crippen LogP contribution in [-0.4, -0.2) is 8.42 Å². The molecule has 2 N–H and O–H groups in total. The molecule has 0 bridgehead atoms. The first kappa shape index (κ1) is 13.4. The molecule has 2 rings (SSSR count). The molecule has 0 aliphatic rings. The van der Waals surface area contributed by atoms with E-state index in [1.807, 2.05) is 6.92 Å². The number of para-hydroxylation sites is 1. The van der Waals surface area contributed by atoms with Crippen molar-refractivity contribution < 1.29 is 12.6 Å². The molecule has 0 heterocycles. The molecule has 0 fully saturated rings. The lowest BCUT2D eigenvalue weighted by atomic mass is 10.2. The van der Waals surface area contributed by atoms with E-state index in [0.29, 0.717) is 11.3 Å². The van der Waals surface area contributed by atoms with Crippen molar-refractivity contribution in [3.8, 4) is 5.75 Å². The van der Waals surface area contributed by atoms with Crippen LogP contribution in [0.1, 0.15) is 11.1 Å². The predicted molar refractivity (Wildman–Crippen MR) is 74.6 cm³/mol.